The predicted octanol–water partition coefficient (Wildman–Crippen LogP) is 1.68. The average molecular weight is 146 g/mol. The third-order valence-corrected chi connectivity index (χ3v) is 2.81. The van der Waals surface area contributed by atoms with E-state index in [2.05, 4.69) is 16.2 Å². The fourth-order valence-electron chi connectivity index (χ4n) is 1.31. The van der Waals surface area contributed by atoms with Crippen LogP contribution in [-0.2, 0) is 4.74 Å². The van der Waals surface area contributed by atoms with Crippen LogP contribution in [0.4, 0.5) is 0 Å². The fraction of sp³-hybridized carbons (Fsp3) is 1.00. The topological polar surface area (TPSA) is 9.23 Å². The van der Waals surface area contributed by atoms with Gasteiger partial charge in [0.1, 0.15) is 0 Å². The van der Waals surface area contributed by atoms with Crippen molar-refractivity contribution in [3.8, 4) is 0 Å². The summed E-state index contributed by atoms with van der Waals surface area (Å²) in [5, 5.41) is 0. The maximum Gasteiger partial charge on any atom is 0.0531 e. The second-order valence-electron chi connectivity index (χ2n) is 2.70. The zero-order valence-corrected chi connectivity index (χ0v) is 7.12. The van der Waals surface area contributed by atoms with Gasteiger partial charge in [-0.1, -0.05) is 13.3 Å². The highest BCUT2D eigenvalue weighted by Crippen LogP contribution is 2.24. The van der Waals surface area contributed by atoms with E-state index in [1.54, 1.807) is 0 Å². The molecule has 0 aromatic carbocycles. The van der Waals surface area contributed by atoms with Gasteiger partial charge in [-0.3, -0.25) is 0 Å². The minimum Gasteiger partial charge on any atom is -0.381 e. The van der Waals surface area contributed by atoms with Crippen molar-refractivity contribution >= 4 is 9.24 Å². The molecule has 0 amide bonds. The van der Waals surface area contributed by atoms with E-state index in [-0.39, 0.29) is 0 Å². The molecule has 3 atom stereocenters. The van der Waals surface area contributed by atoms with Gasteiger partial charge in [0.25, 0.3) is 0 Å². The highest BCUT2D eigenvalue weighted by atomic mass is 31.0. The first-order valence-corrected chi connectivity index (χ1v) is 4.34. The van der Waals surface area contributed by atoms with Gasteiger partial charge in [0.15, 0.2) is 0 Å². The molecule has 0 aromatic rings. The Labute approximate surface area is 59.4 Å². The molecule has 0 aromatic heterocycles. The minimum atomic E-state index is 0.712. The summed E-state index contributed by atoms with van der Waals surface area (Å²) in [7, 11) is 2.86. The maximum absolute atomic E-state index is 5.29. The van der Waals surface area contributed by atoms with E-state index in [1.165, 1.54) is 12.8 Å². The van der Waals surface area contributed by atoms with Crippen molar-refractivity contribution in [2.45, 2.75) is 25.4 Å². The van der Waals surface area contributed by atoms with E-state index < -0.39 is 0 Å². The van der Waals surface area contributed by atoms with Gasteiger partial charge in [-0.15, -0.1) is 9.24 Å². The molecule has 0 N–H and O–H groups in total. The van der Waals surface area contributed by atoms with Gasteiger partial charge >= 0.3 is 0 Å². The summed E-state index contributed by atoms with van der Waals surface area (Å²) in [5.74, 6) is 0.892. The molecule has 0 bridgehead atoms. The summed E-state index contributed by atoms with van der Waals surface area (Å²) in [5.41, 5.74) is 0.712. The quantitative estimate of drug-likeness (QED) is 0.511. The predicted molar refractivity (Wildman–Crippen MR) is 42.7 cm³/mol. The molecule has 1 saturated heterocycles. The molecule has 9 heavy (non-hydrogen) atoms. The van der Waals surface area contributed by atoms with Crippen LogP contribution in [0.3, 0.4) is 0 Å². The van der Waals surface area contributed by atoms with Crippen LogP contribution in [0.15, 0.2) is 0 Å². The molecular weight excluding hydrogens is 131 g/mol. The van der Waals surface area contributed by atoms with Crippen molar-refractivity contribution in [2.24, 2.45) is 5.92 Å². The molecule has 0 spiro atoms. The third kappa shape index (κ3) is 1.91. The van der Waals surface area contributed by atoms with Crippen molar-refractivity contribution in [1.29, 1.82) is 0 Å². The average Bonchev–Trinajstić information content (AvgIpc) is 1.89. The Morgan fingerprint density at radius 1 is 1.67 bits per heavy atom. The largest absolute Gasteiger partial charge is 0.381 e. The molecule has 1 heterocycles. The van der Waals surface area contributed by atoms with E-state index in [4.69, 9.17) is 4.74 Å². The highest BCUT2D eigenvalue weighted by molar-refractivity contribution is 7.17. The molecular formula is C7H15OP. The second-order valence-corrected chi connectivity index (χ2v) is 3.55. The molecule has 1 fully saturated rings. The van der Waals surface area contributed by atoms with Gasteiger partial charge < -0.3 is 4.74 Å². The van der Waals surface area contributed by atoms with Crippen LogP contribution in [0.25, 0.3) is 0 Å². The molecule has 3 unspecified atom stereocenters. The number of ether oxygens (including phenoxy) is 1. The Morgan fingerprint density at radius 3 is 2.89 bits per heavy atom. The zero-order chi connectivity index (χ0) is 6.69. The molecule has 1 aliphatic rings. The van der Waals surface area contributed by atoms with E-state index in [9.17, 15) is 0 Å². The first-order chi connectivity index (χ1) is 4.34. The fourth-order valence-corrected chi connectivity index (χ4v) is 1.91. The third-order valence-electron chi connectivity index (χ3n) is 2.07. The summed E-state index contributed by atoms with van der Waals surface area (Å²) < 4.78 is 5.29. The molecule has 1 nitrogen and oxygen atoms in total. The molecule has 0 aliphatic carbocycles. The van der Waals surface area contributed by atoms with Gasteiger partial charge in [-0.2, -0.15) is 0 Å². The molecule has 1 rings (SSSR count). The van der Waals surface area contributed by atoms with Crippen molar-refractivity contribution < 1.29 is 4.74 Å². The lowest BCUT2D eigenvalue weighted by Crippen LogP contribution is -2.26. The lowest BCUT2D eigenvalue weighted by Gasteiger charge is -2.27. The second kappa shape index (κ2) is 3.53. The van der Waals surface area contributed by atoms with Crippen molar-refractivity contribution in [3.05, 3.63) is 0 Å². The first-order valence-electron chi connectivity index (χ1n) is 3.68. The van der Waals surface area contributed by atoms with Crippen molar-refractivity contribution in [1.82, 2.24) is 0 Å². The molecule has 2 heteroatoms. The van der Waals surface area contributed by atoms with Crippen LogP contribution in [0.2, 0.25) is 0 Å². The van der Waals surface area contributed by atoms with Crippen LogP contribution < -0.4 is 0 Å². The molecule has 54 valence electrons. The number of hydrogen-bond acceptors (Lipinski definition) is 1. The lowest BCUT2D eigenvalue weighted by molar-refractivity contribution is 0.0708. The summed E-state index contributed by atoms with van der Waals surface area (Å²) in [6.07, 6.45) is 2.56. The molecule has 0 saturated carbocycles. The minimum absolute atomic E-state index is 0.712. The van der Waals surface area contributed by atoms with Crippen LogP contribution in [0.1, 0.15) is 19.8 Å². The van der Waals surface area contributed by atoms with Gasteiger partial charge in [0, 0.05) is 6.61 Å². The van der Waals surface area contributed by atoms with Crippen LogP contribution in [0, 0.1) is 5.92 Å². The van der Waals surface area contributed by atoms with Crippen LogP contribution in [-0.4, -0.2) is 18.9 Å². The number of hydrogen-bond donors (Lipinski definition) is 0. The zero-order valence-electron chi connectivity index (χ0n) is 5.97. The van der Waals surface area contributed by atoms with Crippen LogP contribution >= 0.6 is 9.24 Å². The lowest BCUT2D eigenvalue weighted by atomic mass is 9.97. The smallest absolute Gasteiger partial charge is 0.0531 e. The maximum atomic E-state index is 5.29. The first kappa shape index (κ1) is 7.50. The van der Waals surface area contributed by atoms with Gasteiger partial charge in [-0.25, -0.2) is 0 Å². The monoisotopic (exact) mass is 146 g/mol. The van der Waals surface area contributed by atoms with E-state index in [0.717, 1.165) is 19.1 Å². The van der Waals surface area contributed by atoms with Crippen molar-refractivity contribution in [2.75, 3.05) is 13.2 Å². The Balaban J connectivity index is 2.30. The van der Waals surface area contributed by atoms with Gasteiger partial charge in [0.05, 0.1) is 6.61 Å². The SMILES string of the molecule is CCC1CCOCC1P. The Morgan fingerprint density at radius 2 is 2.44 bits per heavy atom. The summed E-state index contributed by atoms with van der Waals surface area (Å²) in [4.78, 5) is 0. The summed E-state index contributed by atoms with van der Waals surface area (Å²) in [6.45, 7) is 4.18. The standard InChI is InChI=1S/C7H15OP/c1-2-6-3-4-8-5-7(6)9/h6-7H,2-5,9H2,1H3. The van der Waals surface area contributed by atoms with Gasteiger partial charge in [0.2, 0.25) is 0 Å². The van der Waals surface area contributed by atoms with E-state index >= 15 is 0 Å². The Kier molecular flexibility index (Phi) is 2.94. The van der Waals surface area contributed by atoms with E-state index in [0.29, 0.717) is 5.66 Å². The Hall–Kier alpha value is 0.390. The normalized spacial score (nSPS) is 36.7. The summed E-state index contributed by atoms with van der Waals surface area (Å²) in [6, 6.07) is 0. The molecule has 0 radical (unpaired) electrons. The molecule has 1 aliphatic heterocycles. The van der Waals surface area contributed by atoms with Crippen molar-refractivity contribution in [3.63, 3.8) is 0 Å². The number of rotatable bonds is 1. The summed E-state index contributed by atoms with van der Waals surface area (Å²) >= 11 is 0. The van der Waals surface area contributed by atoms with E-state index in [1.807, 2.05) is 0 Å². The highest BCUT2D eigenvalue weighted by Gasteiger charge is 2.19. The van der Waals surface area contributed by atoms with Gasteiger partial charge in [-0.05, 0) is 18.0 Å². The van der Waals surface area contributed by atoms with Crippen LogP contribution in [0.5, 0.6) is 0 Å². The Bertz CT molecular complexity index is 85.0.